The summed E-state index contributed by atoms with van der Waals surface area (Å²) < 4.78 is 12.2. The van der Waals surface area contributed by atoms with Crippen molar-refractivity contribution < 1.29 is 9.47 Å². The first kappa shape index (κ1) is 12.9. The van der Waals surface area contributed by atoms with Crippen molar-refractivity contribution in [3.05, 3.63) is 33.4 Å². The van der Waals surface area contributed by atoms with Crippen LogP contribution in [-0.2, 0) is 9.47 Å². The van der Waals surface area contributed by atoms with Gasteiger partial charge in [0, 0.05) is 15.7 Å². The van der Waals surface area contributed by atoms with Gasteiger partial charge in [0.15, 0.2) is 6.29 Å². The third kappa shape index (κ3) is 4.30. The van der Waals surface area contributed by atoms with Crippen LogP contribution in [0.3, 0.4) is 0 Å². The van der Waals surface area contributed by atoms with Crippen molar-refractivity contribution in [1.82, 2.24) is 0 Å². The Morgan fingerprint density at radius 2 is 2.24 bits per heavy atom. The van der Waals surface area contributed by atoms with Gasteiger partial charge < -0.3 is 9.47 Å². The molecule has 0 aliphatic carbocycles. The largest absolute Gasteiger partial charge is 0.353 e. The van der Waals surface area contributed by atoms with Crippen LogP contribution in [0, 0.1) is 15.4 Å². The summed E-state index contributed by atoms with van der Waals surface area (Å²) in [4.78, 5) is 0. The van der Waals surface area contributed by atoms with E-state index >= 15 is 0 Å². The summed E-state index contributed by atoms with van der Waals surface area (Å²) in [5.74, 6) is 6.15. The van der Waals surface area contributed by atoms with Crippen molar-refractivity contribution in [2.75, 3.05) is 13.2 Å². The van der Waals surface area contributed by atoms with Crippen LogP contribution in [0.15, 0.2) is 24.3 Å². The van der Waals surface area contributed by atoms with E-state index in [1.54, 1.807) is 0 Å². The quantitative estimate of drug-likeness (QED) is 0.607. The Labute approximate surface area is 116 Å². The number of ether oxygens (including phenoxy) is 2. The Morgan fingerprint density at radius 1 is 1.35 bits per heavy atom. The van der Waals surface area contributed by atoms with Gasteiger partial charge >= 0.3 is 0 Å². The first-order valence-corrected chi connectivity index (χ1v) is 6.91. The monoisotopic (exact) mass is 342 g/mol. The molecular weight excluding hydrogens is 327 g/mol. The van der Waals surface area contributed by atoms with Gasteiger partial charge in [-0.15, -0.1) is 0 Å². The van der Waals surface area contributed by atoms with Crippen LogP contribution in [0.1, 0.15) is 24.8 Å². The van der Waals surface area contributed by atoms with Crippen LogP contribution in [0.4, 0.5) is 0 Å². The van der Waals surface area contributed by atoms with Crippen molar-refractivity contribution in [2.24, 2.45) is 0 Å². The van der Waals surface area contributed by atoms with E-state index in [4.69, 9.17) is 9.47 Å². The predicted molar refractivity (Wildman–Crippen MR) is 75.6 cm³/mol. The van der Waals surface area contributed by atoms with Gasteiger partial charge in [0.1, 0.15) is 6.61 Å². The molecule has 0 saturated carbocycles. The Balaban J connectivity index is 1.80. The first-order valence-electron chi connectivity index (χ1n) is 5.83. The molecule has 0 radical (unpaired) electrons. The van der Waals surface area contributed by atoms with E-state index < -0.39 is 0 Å². The Bertz CT molecular complexity index is 414. The molecule has 0 aromatic heterocycles. The standard InChI is InChI=1S/C14H15IO2/c15-13-8-2-1-6-12(13)7-5-11-17-14-9-3-4-10-16-14/h1-2,6,8,14H,3-4,9-11H2. The van der Waals surface area contributed by atoms with Gasteiger partial charge in [-0.3, -0.25) is 0 Å². The van der Waals surface area contributed by atoms with E-state index in [1.165, 1.54) is 9.99 Å². The van der Waals surface area contributed by atoms with Crippen LogP contribution in [0.2, 0.25) is 0 Å². The lowest BCUT2D eigenvalue weighted by atomic mass is 10.2. The highest BCUT2D eigenvalue weighted by molar-refractivity contribution is 14.1. The minimum atomic E-state index is -0.0482. The van der Waals surface area contributed by atoms with E-state index in [-0.39, 0.29) is 6.29 Å². The number of hydrogen-bond acceptors (Lipinski definition) is 2. The molecule has 90 valence electrons. The zero-order chi connectivity index (χ0) is 11.9. The molecule has 1 aliphatic heterocycles. The molecule has 1 aliphatic rings. The summed E-state index contributed by atoms with van der Waals surface area (Å²) in [5, 5.41) is 0. The fourth-order valence-electron chi connectivity index (χ4n) is 1.67. The number of halogens is 1. The van der Waals surface area contributed by atoms with Gasteiger partial charge in [-0.1, -0.05) is 24.0 Å². The summed E-state index contributed by atoms with van der Waals surface area (Å²) in [7, 11) is 0. The SMILES string of the molecule is Ic1ccccc1C#CCOC1CCCCO1. The maximum absolute atomic E-state index is 5.55. The van der Waals surface area contributed by atoms with Gasteiger partial charge in [-0.05, 0) is 54.0 Å². The second-order valence-corrected chi connectivity index (χ2v) is 5.05. The van der Waals surface area contributed by atoms with Crippen LogP contribution < -0.4 is 0 Å². The third-order valence-corrected chi connectivity index (χ3v) is 3.52. The lowest BCUT2D eigenvalue weighted by Crippen LogP contribution is -2.22. The molecule has 0 N–H and O–H groups in total. The number of hydrogen-bond donors (Lipinski definition) is 0. The molecule has 0 amide bonds. The van der Waals surface area contributed by atoms with Crippen molar-refractivity contribution in [2.45, 2.75) is 25.6 Å². The molecule has 0 bridgehead atoms. The fourth-order valence-corrected chi connectivity index (χ4v) is 2.19. The van der Waals surface area contributed by atoms with Crippen molar-refractivity contribution in [3.8, 4) is 11.8 Å². The average Bonchev–Trinajstić information content (AvgIpc) is 2.38. The smallest absolute Gasteiger partial charge is 0.158 e. The molecule has 1 aromatic carbocycles. The van der Waals surface area contributed by atoms with Gasteiger partial charge in [-0.2, -0.15) is 0 Å². The lowest BCUT2D eigenvalue weighted by Gasteiger charge is -2.21. The normalized spacial score (nSPS) is 19.5. The maximum Gasteiger partial charge on any atom is 0.158 e. The molecule has 1 heterocycles. The number of rotatable bonds is 2. The van der Waals surface area contributed by atoms with E-state index in [2.05, 4.69) is 40.5 Å². The molecule has 1 unspecified atom stereocenters. The van der Waals surface area contributed by atoms with E-state index in [9.17, 15) is 0 Å². The molecule has 0 spiro atoms. The molecule has 2 nitrogen and oxygen atoms in total. The van der Waals surface area contributed by atoms with E-state index in [0.717, 1.165) is 25.0 Å². The molecular formula is C14H15IO2. The second-order valence-electron chi connectivity index (χ2n) is 3.89. The molecule has 3 heteroatoms. The lowest BCUT2D eigenvalue weighted by molar-refractivity contribution is -0.154. The highest BCUT2D eigenvalue weighted by Crippen LogP contribution is 2.13. The van der Waals surface area contributed by atoms with Gasteiger partial charge in [0.2, 0.25) is 0 Å². The molecule has 17 heavy (non-hydrogen) atoms. The van der Waals surface area contributed by atoms with Crippen molar-refractivity contribution in [3.63, 3.8) is 0 Å². The fraction of sp³-hybridized carbons (Fsp3) is 0.429. The highest BCUT2D eigenvalue weighted by atomic mass is 127. The molecule has 1 saturated heterocycles. The van der Waals surface area contributed by atoms with Gasteiger partial charge in [0.05, 0.1) is 0 Å². The van der Waals surface area contributed by atoms with Crippen molar-refractivity contribution in [1.29, 1.82) is 0 Å². The minimum Gasteiger partial charge on any atom is -0.353 e. The topological polar surface area (TPSA) is 18.5 Å². The Kier molecular flexibility index (Phi) is 5.30. The molecule has 1 atom stereocenters. The average molecular weight is 342 g/mol. The summed E-state index contributed by atoms with van der Waals surface area (Å²) >= 11 is 2.29. The van der Waals surface area contributed by atoms with Gasteiger partial charge in [-0.25, -0.2) is 0 Å². The summed E-state index contributed by atoms with van der Waals surface area (Å²) in [6, 6.07) is 8.08. The van der Waals surface area contributed by atoms with Gasteiger partial charge in [0.25, 0.3) is 0 Å². The Hall–Kier alpha value is -0.570. The van der Waals surface area contributed by atoms with Crippen LogP contribution in [-0.4, -0.2) is 19.5 Å². The van der Waals surface area contributed by atoms with Crippen LogP contribution in [0.25, 0.3) is 0 Å². The predicted octanol–water partition coefficient (Wildman–Crippen LogP) is 3.19. The van der Waals surface area contributed by atoms with E-state index in [0.29, 0.717) is 6.61 Å². The van der Waals surface area contributed by atoms with Crippen LogP contribution >= 0.6 is 22.6 Å². The summed E-state index contributed by atoms with van der Waals surface area (Å²) in [5.41, 5.74) is 1.06. The molecule has 2 rings (SSSR count). The second kappa shape index (κ2) is 7.00. The highest BCUT2D eigenvalue weighted by Gasteiger charge is 2.12. The summed E-state index contributed by atoms with van der Waals surface area (Å²) in [6.07, 6.45) is 3.28. The zero-order valence-corrected chi connectivity index (χ0v) is 11.8. The summed E-state index contributed by atoms with van der Waals surface area (Å²) in [6.45, 7) is 1.25. The van der Waals surface area contributed by atoms with Crippen LogP contribution in [0.5, 0.6) is 0 Å². The Morgan fingerprint density at radius 3 is 3.00 bits per heavy atom. The number of benzene rings is 1. The maximum atomic E-state index is 5.55. The molecule has 1 aromatic rings. The molecule has 1 fully saturated rings. The first-order chi connectivity index (χ1) is 8.36. The van der Waals surface area contributed by atoms with Crippen molar-refractivity contribution >= 4 is 22.6 Å². The minimum absolute atomic E-state index is 0.0482. The zero-order valence-electron chi connectivity index (χ0n) is 9.62. The third-order valence-electron chi connectivity index (χ3n) is 2.58. The van der Waals surface area contributed by atoms with E-state index in [1.807, 2.05) is 18.2 Å².